The molecule has 1 unspecified atom stereocenters. The molecule has 2 saturated heterocycles. The molecule has 1 saturated carbocycles. The lowest BCUT2D eigenvalue weighted by atomic mass is 9.85. The second kappa shape index (κ2) is 13.8. The summed E-state index contributed by atoms with van der Waals surface area (Å²) in [6, 6.07) is 4.89. The number of benzene rings is 1. The van der Waals surface area contributed by atoms with Crippen LogP contribution in [0.25, 0.3) is 11.0 Å². The lowest BCUT2D eigenvalue weighted by molar-refractivity contribution is -0.135. The number of halogens is 2. The number of likely N-dealkylation sites (tertiary alicyclic amines) is 1. The predicted octanol–water partition coefficient (Wildman–Crippen LogP) is 3.76. The molecule has 2 aliphatic heterocycles. The topological polar surface area (TPSA) is 115 Å². The number of imidazole rings is 1. The van der Waals surface area contributed by atoms with E-state index in [2.05, 4.69) is 32.5 Å². The maximum atomic E-state index is 13.3. The van der Waals surface area contributed by atoms with Crippen LogP contribution in [0.3, 0.4) is 0 Å². The fourth-order valence-corrected chi connectivity index (χ4v) is 7.22. The summed E-state index contributed by atoms with van der Waals surface area (Å²) >= 11 is 0. The van der Waals surface area contributed by atoms with Gasteiger partial charge in [-0.25, -0.2) is 13.6 Å². The summed E-state index contributed by atoms with van der Waals surface area (Å²) < 4.78 is 37.4. The average molecular weight is 638 g/mol. The minimum Gasteiger partial charge on any atom is -0.385 e. The van der Waals surface area contributed by atoms with Gasteiger partial charge in [-0.05, 0) is 63.0 Å². The monoisotopic (exact) mass is 637 g/mol. The van der Waals surface area contributed by atoms with Gasteiger partial charge in [-0.3, -0.25) is 28.7 Å². The highest BCUT2D eigenvalue weighted by molar-refractivity contribution is 6.00. The number of para-hydroxylation sites is 1. The van der Waals surface area contributed by atoms with E-state index in [0.29, 0.717) is 28.2 Å². The van der Waals surface area contributed by atoms with Gasteiger partial charge in [0, 0.05) is 46.3 Å². The molecular weight excluding hydrogens is 596 g/mol. The second-order valence-corrected chi connectivity index (χ2v) is 12.6. The first-order chi connectivity index (χ1) is 22.2. The van der Waals surface area contributed by atoms with E-state index in [1.807, 2.05) is 12.1 Å². The number of nitrogens with one attached hydrogen (secondary N) is 2. The number of nitrogens with zero attached hydrogens (tertiary/aromatic N) is 5. The zero-order valence-corrected chi connectivity index (χ0v) is 26.3. The van der Waals surface area contributed by atoms with E-state index in [1.165, 1.54) is 9.13 Å². The molecule has 11 nitrogen and oxygen atoms in total. The molecule has 1 aromatic carbocycles. The van der Waals surface area contributed by atoms with Gasteiger partial charge < -0.3 is 15.0 Å². The summed E-state index contributed by atoms with van der Waals surface area (Å²) in [7, 11) is 3.31. The van der Waals surface area contributed by atoms with Gasteiger partial charge in [0.15, 0.2) is 5.69 Å². The third-order valence-corrected chi connectivity index (χ3v) is 9.72. The first-order valence-corrected chi connectivity index (χ1v) is 16.1. The predicted molar refractivity (Wildman–Crippen MR) is 169 cm³/mol. The Bertz CT molecular complexity index is 1700. The van der Waals surface area contributed by atoms with Crippen LogP contribution in [-0.2, 0) is 21.4 Å². The van der Waals surface area contributed by atoms with Crippen molar-refractivity contribution in [2.45, 2.75) is 76.0 Å². The van der Waals surface area contributed by atoms with Crippen molar-refractivity contribution >= 4 is 28.5 Å². The Kier molecular flexibility index (Phi) is 9.56. The largest absolute Gasteiger partial charge is 0.385 e. The van der Waals surface area contributed by atoms with E-state index in [4.69, 9.17) is 4.74 Å². The van der Waals surface area contributed by atoms with Crippen LogP contribution < -0.4 is 16.3 Å². The minimum atomic E-state index is -2.59. The summed E-state index contributed by atoms with van der Waals surface area (Å²) in [6.07, 6.45) is 5.62. The molecule has 0 radical (unpaired) electrons. The van der Waals surface area contributed by atoms with Gasteiger partial charge in [0.1, 0.15) is 12.6 Å². The van der Waals surface area contributed by atoms with Crippen LogP contribution in [0.4, 0.5) is 14.5 Å². The number of carbonyl (C=O) groups is 2. The number of aromatic nitrogens is 4. The van der Waals surface area contributed by atoms with E-state index >= 15 is 0 Å². The molecule has 0 bridgehead atoms. The van der Waals surface area contributed by atoms with Crippen molar-refractivity contribution in [1.82, 2.24) is 29.1 Å². The molecule has 3 aliphatic rings. The van der Waals surface area contributed by atoms with Crippen molar-refractivity contribution < 1.29 is 23.1 Å². The Balaban J connectivity index is 0.976. The summed E-state index contributed by atoms with van der Waals surface area (Å²) in [5.74, 6) is 6.08. The number of aryl methyl sites for hydroxylation is 1. The molecule has 3 aromatic rings. The lowest BCUT2D eigenvalue weighted by Gasteiger charge is -2.36. The molecule has 1 atom stereocenters. The van der Waals surface area contributed by atoms with Crippen LogP contribution >= 0.6 is 0 Å². The van der Waals surface area contributed by atoms with Gasteiger partial charge in [-0.1, -0.05) is 17.9 Å². The normalized spacial score (nSPS) is 23.0. The fourth-order valence-electron chi connectivity index (χ4n) is 7.22. The highest BCUT2D eigenvalue weighted by Gasteiger charge is 2.32. The maximum absolute atomic E-state index is 13.3. The molecule has 13 heteroatoms. The van der Waals surface area contributed by atoms with E-state index < -0.39 is 18.4 Å². The number of imide groups is 1. The number of ether oxygens (including phenoxy) is 1. The number of carbonyl (C=O) groups excluding carboxylic acids is 2. The molecule has 246 valence electrons. The Labute approximate surface area is 266 Å². The van der Waals surface area contributed by atoms with E-state index in [-0.39, 0.29) is 48.9 Å². The van der Waals surface area contributed by atoms with Crippen LogP contribution in [-0.4, -0.2) is 75.0 Å². The quantitative estimate of drug-likeness (QED) is 0.286. The van der Waals surface area contributed by atoms with Crippen molar-refractivity contribution in [1.29, 1.82) is 0 Å². The number of piperidine rings is 2. The van der Waals surface area contributed by atoms with Gasteiger partial charge in [0.2, 0.25) is 11.8 Å². The number of rotatable bonds is 8. The highest BCUT2D eigenvalue weighted by atomic mass is 19.3. The van der Waals surface area contributed by atoms with Crippen LogP contribution in [0.5, 0.6) is 0 Å². The van der Waals surface area contributed by atoms with E-state index in [9.17, 15) is 23.2 Å². The van der Waals surface area contributed by atoms with Crippen molar-refractivity contribution in [3.8, 4) is 11.8 Å². The van der Waals surface area contributed by atoms with Crippen LogP contribution in [0.15, 0.2) is 29.2 Å². The minimum absolute atomic E-state index is 0.139. The van der Waals surface area contributed by atoms with Crippen molar-refractivity contribution in [2.24, 2.45) is 13.0 Å². The fraction of sp³-hybridized carbons (Fsp3) is 0.576. The molecule has 46 heavy (non-hydrogen) atoms. The van der Waals surface area contributed by atoms with Crippen LogP contribution in [0, 0.1) is 17.8 Å². The zero-order chi connectivity index (χ0) is 32.4. The standard InChI is InChI=1S/C33H41F2N7O4/c1-36-25-20-41(38-29(25)31(34)35)23-10-8-21(9-11-23)19-40-16-14-24(15-17-40)46-18-4-6-22-5-3-7-26-30(22)39(2)33(45)42(26)27-12-13-28(43)37-32(27)44/h3,5,7,20-21,23-24,27,31,36H,8-19H2,1-2H3,(H,37,43,44). The van der Waals surface area contributed by atoms with Gasteiger partial charge in [0.05, 0.1) is 34.4 Å². The first-order valence-electron chi connectivity index (χ1n) is 16.1. The molecule has 6 rings (SSSR count). The SMILES string of the molecule is CNc1cn(C2CCC(CN3CCC(OCC#Cc4cccc5c4n(C)c(=O)n5C4CCC(=O)NC4=O)CC3)CC2)nc1C(F)F. The number of fused-ring (bicyclic) bond motifs is 1. The smallest absolute Gasteiger partial charge is 0.329 e. The van der Waals surface area contributed by atoms with Crippen molar-refractivity contribution in [3.63, 3.8) is 0 Å². The molecule has 3 fully saturated rings. The third-order valence-electron chi connectivity index (χ3n) is 9.72. The zero-order valence-electron chi connectivity index (χ0n) is 26.3. The number of hydrogen-bond acceptors (Lipinski definition) is 7. The Morgan fingerprint density at radius 1 is 1.09 bits per heavy atom. The molecule has 2 amide bonds. The van der Waals surface area contributed by atoms with E-state index in [0.717, 1.165) is 58.2 Å². The summed E-state index contributed by atoms with van der Waals surface area (Å²) in [4.78, 5) is 39.8. The van der Waals surface area contributed by atoms with Crippen LogP contribution in [0.1, 0.15) is 81.1 Å². The molecule has 4 heterocycles. The first kappa shape index (κ1) is 31.9. The van der Waals surface area contributed by atoms with Crippen molar-refractivity contribution in [3.05, 3.63) is 46.1 Å². The number of hydrogen-bond donors (Lipinski definition) is 2. The third kappa shape index (κ3) is 6.59. The molecular formula is C33H41F2N7O4. The number of alkyl halides is 2. The number of amides is 2. The number of anilines is 1. The Morgan fingerprint density at radius 2 is 1.85 bits per heavy atom. The van der Waals surface area contributed by atoms with Gasteiger partial charge in [-0.15, -0.1) is 0 Å². The van der Waals surface area contributed by atoms with Gasteiger partial charge in [-0.2, -0.15) is 5.10 Å². The van der Waals surface area contributed by atoms with E-state index in [1.54, 1.807) is 31.0 Å². The second-order valence-electron chi connectivity index (χ2n) is 12.6. The lowest BCUT2D eigenvalue weighted by Crippen LogP contribution is -2.44. The van der Waals surface area contributed by atoms with Crippen molar-refractivity contribution in [2.75, 3.05) is 38.6 Å². The molecule has 0 spiro atoms. The molecule has 1 aliphatic carbocycles. The summed E-state index contributed by atoms with van der Waals surface area (Å²) in [5.41, 5.74) is 1.85. The van der Waals surface area contributed by atoms with Gasteiger partial charge in [0.25, 0.3) is 6.43 Å². The molecule has 2 N–H and O–H groups in total. The Hall–Kier alpha value is -4.02. The molecule has 2 aromatic heterocycles. The van der Waals surface area contributed by atoms with Gasteiger partial charge >= 0.3 is 5.69 Å². The maximum Gasteiger partial charge on any atom is 0.329 e. The average Bonchev–Trinajstić information content (AvgIpc) is 3.60. The Morgan fingerprint density at radius 3 is 2.52 bits per heavy atom. The summed E-state index contributed by atoms with van der Waals surface area (Å²) in [5, 5.41) is 9.34. The summed E-state index contributed by atoms with van der Waals surface area (Å²) in [6.45, 7) is 3.26. The highest BCUT2D eigenvalue weighted by Crippen LogP contribution is 2.35. The van der Waals surface area contributed by atoms with Crippen LogP contribution in [0.2, 0.25) is 0 Å².